The van der Waals surface area contributed by atoms with Crippen LogP contribution >= 0.6 is 0 Å². The summed E-state index contributed by atoms with van der Waals surface area (Å²) in [7, 11) is 0. The monoisotopic (exact) mass is 208 g/mol. The van der Waals surface area contributed by atoms with E-state index in [2.05, 4.69) is 4.84 Å². The van der Waals surface area contributed by atoms with Crippen LogP contribution in [0.5, 0.6) is 0 Å². The summed E-state index contributed by atoms with van der Waals surface area (Å²) in [5.41, 5.74) is 1.73. The van der Waals surface area contributed by atoms with E-state index < -0.39 is 0 Å². The van der Waals surface area contributed by atoms with E-state index in [1.807, 2.05) is 6.07 Å². The van der Waals surface area contributed by atoms with Crippen molar-refractivity contribution in [2.24, 2.45) is 5.90 Å². The molecule has 1 aromatic carbocycles. The van der Waals surface area contributed by atoms with E-state index in [4.69, 9.17) is 5.90 Å². The Morgan fingerprint density at radius 3 is 2.80 bits per heavy atom. The van der Waals surface area contributed by atoms with Gasteiger partial charge < -0.3 is 0 Å². The van der Waals surface area contributed by atoms with Gasteiger partial charge in [0.1, 0.15) is 0 Å². The van der Waals surface area contributed by atoms with Gasteiger partial charge in [-0.05, 0) is 24.3 Å². The van der Waals surface area contributed by atoms with Crippen LogP contribution in [0.2, 0.25) is 0 Å². The summed E-state index contributed by atoms with van der Waals surface area (Å²) in [6.45, 7) is 0.100. The number of nitrogens with zero attached hydrogens (tertiary/aromatic N) is 1. The third-order valence-corrected chi connectivity index (χ3v) is 2.63. The van der Waals surface area contributed by atoms with Crippen LogP contribution in [-0.4, -0.2) is 4.92 Å². The van der Waals surface area contributed by atoms with Crippen molar-refractivity contribution < 1.29 is 9.76 Å². The first-order valence-electron chi connectivity index (χ1n) is 4.82. The Balaban J connectivity index is 2.44. The van der Waals surface area contributed by atoms with Crippen LogP contribution in [0.25, 0.3) is 0 Å². The second-order valence-electron chi connectivity index (χ2n) is 3.69. The van der Waals surface area contributed by atoms with Gasteiger partial charge in [-0.25, -0.2) is 5.90 Å². The van der Waals surface area contributed by atoms with Crippen LogP contribution in [0.4, 0.5) is 5.69 Å². The Bertz CT molecular complexity index is 388. The van der Waals surface area contributed by atoms with E-state index in [9.17, 15) is 10.1 Å². The zero-order valence-electron chi connectivity index (χ0n) is 8.18. The van der Waals surface area contributed by atoms with Crippen LogP contribution in [0.15, 0.2) is 18.2 Å². The number of rotatable bonds is 4. The molecule has 0 aromatic heterocycles. The normalized spacial score (nSPS) is 15.3. The fourth-order valence-electron chi connectivity index (χ4n) is 1.78. The largest absolute Gasteiger partial charge is 0.300 e. The van der Waals surface area contributed by atoms with Crippen LogP contribution < -0.4 is 5.90 Å². The highest BCUT2D eigenvalue weighted by Gasteiger charge is 2.29. The Morgan fingerprint density at radius 2 is 2.27 bits per heavy atom. The highest BCUT2D eigenvalue weighted by atomic mass is 16.6. The lowest BCUT2D eigenvalue weighted by atomic mass is 10.0. The summed E-state index contributed by atoms with van der Waals surface area (Å²) in [4.78, 5) is 14.9. The zero-order valence-corrected chi connectivity index (χ0v) is 8.18. The smallest absolute Gasteiger partial charge is 0.275 e. The van der Waals surface area contributed by atoms with Crippen LogP contribution in [0, 0.1) is 10.1 Å². The fourth-order valence-corrected chi connectivity index (χ4v) is 1.78. The summed E-state index contributed by atoms with van der Waals surface area (Å²) in [5, 5.41) is 10.8. The van der Waals surface area contributed by atoms with Gasteiger partial charge in [0.05, 0.1) is 17.1 Å². The minimum absolute atomic E-state index is 0.100. The standard InChI is InChI=1S/C10H12N2O3/c11-15-6-9-8(7-4-5-7)2-1-3-10(9)12(13)14/h1-3,7H,4-6,11H2. The second-order valence-corrected chi connectivity index (χ2v) is 3.69. The van der Waals surface area contributed by atoms with Gasteiger partial charge >= 0.3 is 0 Å². The van der Waals surface area contributed by atoms with Crippen molar-refractivity contribution in [2.45, 2.75) is 25.4 Å². The third kappa shape index (κ3) is 1.98. The Labute approximate surface area is 86.9 Å². The topological polar surface area (TPSA) is 78.4 Å². The van der Waals surface area contributed by atoms with E-state index in [0.29, 0.717) is 11.5 Å². The van der Waals surface area contributed by atoms with Crippen molar-refractivity contribution in [3.05, 3.63) is 39.4 Å². The molecule has 0 bridgehead atoms. The summed E-state index contributed by atoms with van der Waals surface area (Å²) >= 11 is 0. The molecule has 1 aromatic rings. The third-order valence-electron chi connectivity index (χ3n) is 2.63. The second kappa shape index (κ2) is 3.96. The molecule has 2 rings (SSSR count). The molecular formula is C10H12N2O3. The molecule has 15 heavy (non-hydrogen) atoms. The lowest BCUT2D eigenvalue weighted by Crippen LogP contribution is -2.05. The van der Waals surface area contributed by atoms with E-state index in [1.165, 1.54) is 6.07 Å². The highest BCUT2D eigenvalue weighted by molar-refractivity contribution is 5.47. The molecule has 1 aliphatic rings. The number of benzene rings is 1. The number of nitro groups is 1. The first-order chi connectivity index (χ1) is 7.24. The fraction of sp³-hybridized carbons (Fsp3) is 0.400. The lowest BCUT2D eigenvalue weighted by molar-refractivity contribution is -0.386. The summed E-state index contributed by atoms with van der Waals surface area (Å²) in [6.07, 6.45) is 2.19. The van der Waals surface area contributed by atoms with E-state index in [1.54, 1.807) is 6.07 Å². The van der Waals surface area contributed by atoms with Crippen molar-refractivity contribution in [2.75, 3.05) is 0 Å². The lowest BCUT2D eigenvalue weighted by Gasteiger charge is -2.07. The first kappa shape index (κ1) is 10.1. The molecule has 0 spiro atoms. The molecule has 80 valence electrons. The van der Waals surface area contributed by atoms with Gasteiger partial charge in [-0.1, -0.05) is 12.1 Å². The number of hydrogen-bond donors (Lipinski definition) is 1. The van der Waals surface area contributed by atoms with Gasteiger partial charge in [0.2, 0.25) is 0 Å². The molecule has 1 aliphatic carbocycles. The maximum absolute atomic E-state index is 10.8. The number of hydrogen-bond acceptors (Lipinski definition) is 4. The maximum atomic E-state index is 10.8. The maximum Gasteiger partial charge on any atom is 0.275 e. The number of nitro benzene ring substituents is 1. The van der Waals surface area contributed by atoms with Crippen molar-refractivity contribution >= 4 is 5.69 Å². The van der Waals surface area contributed by atoms with Crippen LogP contribution in [0.1, 0.15) is 29.9 Å². The first-order valence-corrected chi connectivity index (χ1v) is 4.82. The molecule has 0 amide bonds. The van der Waals surface area contributed by atoms with Crippen molar-refractivity contribution in [3.8, 4) is 0 Å². The average molecular weight is 208 g/mol. The molecule has 0 heterocycles. The van der Waals surface area contributed by atoms with Crippen molar-refractivity contribution in [1.29, 1.82) is 0 Å². The quantitative estimate of drug-likeness (QED) is 0.605. The number of nitrogens with two attached hydrogens (primary N) is 1. The average Bonchev–Trinajstić information content (AvgIpc) is 3.01. The Hall–Kier alpha value is -1.46. The minimum atomic E-state index is -0.389. The van der Waals surface area contributed by atoms with Gasteiger partial charge in [-0.2, -0.15) is 0 Å². The summed E-state index contributed by atoms with van der Waals surface area (Å²) in [5.74, 6) is 5.45. The molecule has 0 atom stereocenters. The SMILES string of the molecule is NOCc1c(C2CC2)cccc1[N+](=O)[O-]. The van der Waals surface area contributed by atoms with Gasteiger partial charge in [0.25, 0.3) is 5.69 Å². The van der Waals surface area contributed by atoms with Gasteiger partial charge in [0.15, 0.2) is 0 Å². The van der Waals surface area contributed by atoms with Crippen molar-refractivity contribution in [3.63, 3.8) is 0 Å². The zero-order chi connectivity index (χ0) is 10.8. The molecule has 0 aliphatic heterocycles. The molecule has 0 radical (unpaired) electrons. The molecular weight excluding hydrogens is 196 g/mol. The Kier molecular flexibility index (Phi) is 2.66. The van der Waals surface area contributed by atoms with Crippen LogP contribution in [0.3, 0.4) is 0 Å². The van der Waals surface area contributed by atoms with Crippen LogP contribution in [-0.2, 0) is 11.4 Å². The van der Waals surface area contributed by atoms with Gasteiger partial charge in [-0.3, -0.25) is 15.0 Å². The molecule has 5 heteroatoms. The highest BCUT2D eigenvalue weighted by Crippen LogP contribution is 2.43. The predicted octanol–water partition coefficient (Wildman–Crippen LogP) is 1.86. The minimum Gasteiger partial charge on any atom is -0.300 e. The molecule has 0 unspecified atom stereocenters. The summed E-state index contributed by atoms with van der Waals surface area (Å²) in [6, 6.07) is 5.12. The summed E-state index contributed by atoms with van der Waals surface area (Å²) < 4.78 is 0. The predicted molar refractivity (Wildman–Crippen MR) is 54.0 cm³/mol. The van der Waals surface area contributed by atoms with Crippen molar-refractivity contribution in [1.82, 2.24) is 0 Å². The molecule has 0 saturated heterocycles. The van der Waals surface area contributed by atoms with Gasteiger partial charge in [0, 0.05) is 6.07 Å². The Morgan fingerprint density at radius 1 is 1.53 bits per heavy atom. The van der Waals surface area contributed by atoms with E-state index in [-0.39, 0.29) is 17.2 Å². The molecule has 2 N–H and O–H groups in total. The van der Waals surface area contributed by atoms with E-state index in [0.717, 1.165) is 18.4 Å². The molecule has 1 fully saturated rings. The molecule has 1 saturated carbocycles. The molecule has 5 nitrogen and oxygen atoms in total. The van der Waals surface area contributed by atoms with E-state index >= 15 is 0 Å². The van der Waals surface area contributed by atoms with Gasteiger partial charge in [-0.15, -0.1) is 0 Å².